The molecule has 1 aromatic carbocycles. The summed E-state index contributed by atoms with van der Waals surface area (Å²) in [5.41, 5.74) is -0.110. The van der Waals surface area contributed by atoms with Crippen molar-refractivity contribution in [2.45, 2.75) is 17.0 Å². The monoisotopic (exact) mass is 269 g/mol. The quantitative estimate of drug-likeness (QED) is 0.471. The Morgan fingerprint density at radius 2 is 1.78 bits per heavy atom. The maximum atomic E-state index is 12.2. The smallest absolute Gasteiger partial charge is 0.269 e. The number of fused-ring (bicyclic) bond motifs is 1. The fraction of sp³-hybridized carbons (Fsp3) is 0.400. The number of nitrogens with one attached hydrogen (secondary N) is 1. The highest BCUT2D eigenvalue weighted by Crippen LogP contribution is 2.37. The zero-order valence-corrected chi connectivity index (χ0v) is 10.1. The van der Waals surface area contributed by atoms with Crippen molar-refractivity contribution in [3.05, 3.63) is 34.4 Å². The molecule has 2 fully saturated rings. The number of non-ortho nitro benzene ring substituents is 1. The van der Waals surface area contributed by atoms with Gasteiger partial charge in [0.15, 0.2) is 0 Å². The van der Waals surface area contributed by atoms with Crippen molar-refractivity contribution in [1.29, 1.82) is 0 Å². The molecule has 7 nitrogen and oxygen atoms in total. The predicted octanol–water partition coefficient (Wildman–Crippen LogP) is -0.0605. The lowest BCUT2D eigenvalue weighted by molar-refractivity contribution is -0.384. The van der Waals surface area contributed by atoms with E-state index in [0.717, 1.165) is 0 Å². The summed E-state index contributed by atoms with van der Waals surface area (Å²) in [4.78, 5) is 10.1. The van der Waals surface area contributed by atoms with Gasteiger partial charge < -0.3 is 5.32 Å². The molecule has 0 aliphatic carbocycles. The topological polar surface area (TPSA) is 92.3 Å². The van der Waals surface area contributed by atoms with E-state index in [1.54, 1.807) is 0 Å². The van der Waals surface area contributed by atoms with Crippen molar-refractivity contribution >= 4 is 15.7 Å². The Kier molecular flexibility index (Phi) is 2.40. The van der Waals surface area contributed by atoms with Gasteiger partial charge in [0.1, 0.15) is 0 Å². The van der Waals surface area contributed by atoms with E-state index in [1.807, 2.05) is 0 Å². The van der Waals surface area contributed by atoms with Crippen molar-refractivity contribution in [3.8, 4) is 0 Å². The van der Waals surface area contributed by atoms with E-state index in [2.05, 4.69) is 5.32 Å². The molecular weight excluding hydrogens is 258 g/mol. The lowest BCUT2D eigenvalue weighted by Crippen LogP contribution is -2.27. The van der Waals surface area contributed by atoms with E-state index in [1.165, 1.54) is 28.6 Å². The Balaban J connectivity index is 1.88. The summed E-state index contributed by atoms with van der Waals surface area (Å²) in [7, 11) is -3.50. The zero-order valence-electron chi connectivity index (χ0n) is 9.31. The average Bonchev–Trinajstić information content (AvgIpc) is 2.86. The Bertz CT molecular complexity index is 588. The lowest BCUT2D eigenvalue weighted by Gasteiger charge is -2.09. The molecule has 0 amide bonds. The van der Waals surface area contributed by atoms with Crippen molar-refractivity contribution in [2.75, 3.05) is 13.1 Å². The minimum atomic E-state index is -3.50. The number of nitro groups is 1. The van der Waals surface area contributed by atoms with Gasteiger partial charge in [-0.2, -0.15) is 4.31 Å². The second-order valence-corrected chi connectivity index (χ2v) is 6.22. The second kappa shape index (κ2) is 3.74. The van der Waals surface area contributed by atoms with E-state index < -0.39 is 14.9 Å². The number of nitrogens with zero attached hydrogens (tertiary/aromatic N) is 2. The molecular formula is C10H11N3O4S. The summed E-state index contributed by atoms with van der Waals surface area (Å²) < 4.78 is 25.9. The molecule has 2 saturated heterocycles. The maximum Gasteiger partial charge on any atom is 0.269 e. The van der Waals surface area contributed by atoms with Crippen LogP contribution in [0.25, 0.3) is 0 Å². The van der Waals surface area contributed by atoms with Crippen molar-refractivity contribution in [2.24, 2.45) is 0 Å². The molecule has 2 aliphatic heterocycles. The van der Waals surface area contributed by atoms with Gasteiger partial charge in [0.25, 0.3) is 5.69 Å². The molecule has 96 valence electrons. The maximum absolute atomic E-state index is 12.2. The van der Waals surface area contributed by atoms with Gasteiger partial charge in [0.2, 0.25) is 10.0 Å². The second-order valence-electron chi connectivity index (χ2n) is 4.38. The summed E-state index contributed by atoms with van der Waals surface area (Å²) in [6.07, 6.45) is 0. The Morgan fingerprint density at radius 1 is 1.22 bits per heavy atom. The first kappa shape index (κ1) is 11.6. The minimum absolute atomic E-state index is 0.0465. The molecule has 18 heavy (non-hydrogen) atoms. The lowest BCUT2D eigenvalue weighted by atomic mass is 10.3. The molecule has 0 radical (unpaired) electrons. The largest absolute Gasteiger partial charge is 0.313 e. The molecule has 8 heteroatoms. The number of hydrogen-bond donors (Lipinski definition) is 1. The van der Waals surface area contributed by atoms with Crippen LogP contribution in [0.2, 0.25) is 0 Å². The third-order valence-electron chi connectivity index (χ3n) is 3.34. The van der Waals surface area contributed by atoms with Gasteiger partial charge in [-0.05, 0) is 12.1 Å². The Morgan fingerprint density at radius 3 is 2.28 bits per heavy atom. The van der Waals surface area contributed by atoms with Crippen LogP contribution in [0, 0.1) is 10.1 Å². The Labute approximate surface area is 104 Å². The van der Waals surface area contributed by atoms with E-state index >= 15 is 0 Å². The fourth-order valence-electron chi connectivity index (χ4n) is 2.36. The standard InChI is InChI=1S/C10H11N3O4S/c14-13(15)7-1-3-8(4-2-7)18(16,17)12-9-5-11-6-10(9)12/h1-4,9-11H,5-6H2. The van der Waals surface area contributed by atoms with E-state index in [9.17, 15) is 18.5 Å². The van der Waals surface area contributed by atoms with Crippen LogP contribution in [-0.2, 0) is 10.0 Å². The van der Waals surface area contributed by atoms with Crippen molar-refractivity contribution < 1.29 is 13.3 Å². The summed E-state index contributed by atoms with van der Waals surface area (Å²) in [6, 6.07) is 5.09. The highest BCUT2D eigenvalue weighted by atomic mass is 32.2. The van der Waals surface area contributed by atoms with Crippen LogP contribution in [0.5, 0.6) is 0 Å². The molecule has 2 aliphatic rings. The summed E-state index contributed by atoms with van der Waals surface area (Å²) in [5, 5.41) is 13.6. The van der Waals surface area contributed by atoms with Gasteiger partial charge in [-0.25, -0.2) is 8.42 Å². The number of hydrogen-bond acceptors (Lipinski definition) is 5. The normalized spacial score (nSPS) is 29.9. The molecule has 2 unspecified atom stereocenters. The number of rotatable bonds is 3. The minimum Gasteiger partial charge on any atom is -0.313 e. The summed E-state index contributed by atoms with van der Waals surface area (Å²) in [5.74, 6) is 0. The molecule has 2 atom stereocenters. The number of benzene rings is 1. The van der Waals surface area contributed by atoms with Crippen molar-refractivity contribution in [3.63, 3.8) is 0 Å². The van der Waals surface area contributed by atoms with E-state index in [4.69, 9.17) is 0 Å². The van der Waals surface area contributed by atoms with E-state index in [0.29, 0.717) is 13.1 Å². The highest BCUT2D eigenvalue weighted by Gasteiger charge is 2.57. The first-order chi connectivity index (χ1) is 8.51. The average molecular weight is 269 g/mol. The van der Waals surface area contributed by atoms with E-state index in [-0.39, 0.29) is 22.7 Å². The molecule has 1 aromatic rings. The molecule has 2 heterocycles. The van der Waals surface area contributed by atoms with Crippen LogP contribution < -0.4 is 5.32 Å². The van der Waals surface area contributed by atoms with Crippen LogP contribution in [0.4, 0.5) is 5.69 Å². The first-order valence-electron chi connectivity index (χ1n) is 5.50. The zero-order chi connectivity index (χ0) is 12.9. The van der Waals surface area contributed by atoms with Gasteiger partial charge in [-0.3, -0.25) is 10.1 Å². The summed E-state index contributed by atoms with van der Waals surface area (Å²) >= 11 is 0. The number of piperazine rings is 1. The van der Waals surface area contributed by atoms with Gasteiger partial charge in [-0.15, -0.1) is 0 Å². The number of sulfonamides is 1. The SMILES string of the molecule is O=[N+]([O-])c1ccc(S(=O)(=O)N2C3CNCC32)cc1. The molecule has 3 rings (SSSR count). The summed E-state index contributed by atoms with van der Waals surface area (Å²) in [6.45, 7) is 1.35. The Hall–Kier alpha value is -1.51. The van der Waals surface area contributed by atoms with Crippen LogP contribution in [-0.4, -0.2) is 42.8 Å². The highest BCUT2D eigenvalue weighted by molar-refractivity contribution is 7.89. The molecule has 0 aromatic heterocycles. The first-order valence-corrected chi connectivity index (χ1v) is 6.94. The van der Waals surface area contributed by atoms with Gasteiger partial charge >= 0.3 is 0 Å². The molecule has 0 bridgehead atoms. The molecule has 1 N–H and O–H groups in total. The van der Waals surface area contributed by atoms with Crippen LogP contribution in [0.3, 0.4) is 0 Å². The number of nitro benzene ring substituents is 1. The fourth-order valence-corrected chi connectivity index (χ4v) is 4.17. The van der Waals surface area contributed by atoms with Crippen molar-refractivity contribution in [1.82, 2.24) is 9.62 Å². The third kappa shape index (κ3) is 1.61. The molecule has 0 spiro atoms. The van der Waals surface area contributed by atoms with Crippen LogP contribution in [0.1, 0.15) is 0 Å². The van der Waals surface area contributed by atoms with Gasteiger partial charge in [0.05, 0.1) is 21.9 Å². The van der Waals surface area contributed by atoms with Gasteiger partial charge in [-0.1, -0.05) is 0 Å². The van der Waals surface area contributed by atoms with Crippen LogP contribution >= 0.6 is 0 Å². The van der Waals surface area contributed by atoms with Gasteiger partial charge in [0, 0.05) is 25.2 Å². The predicted molar refractivity (Wildman–Crippen MR) is 62.6 cm³/mol. The van der Waals surface area contributed by atoms with Crippen LogP contribution in [0.15, 0.2) is 29.2 Å². The third-order valence-corrected chi connectivity index (χ3v) is 5.30. The molecule has 0 saturated carbocycles.